The molecule has 3 atom stereocenters. The number of aryl methyl sites for hydroxylation is 1. The Kier molecular flexibility index (Phi) is 7.89. The zero-order valence-corrected chi connectivity index (χ0v) is 22.5. The van der Waals surface area contributed by atoms with E-state index in [1.165, 1.54) is 16.3 Å². The molecule has 0 amide bonds. The first-order valence-corrected chi connectivity index (χ1v) is 14.2. The van der Waals surface area contributed by atoms with E-state index < -0.39 is 5.97 Å². The molecule has 0 unspecified atom stereocenters. The van der Waals surface area contributed by atoms with Gasteiger partial charge in [-0.1, -0.05) is 0 Å². The van der Waals surface area contributed by atoms with E-state index in [-0.39, 0.29) is 40.2 Å². The van der Waals surface area contributed by atoms with E-state index in [1.807, 2.05) is 37.3 Å². The fourth-order valence-corrected chi connectivity index (χ4v) is 7.51. The van der Waals surface area contributed by atoms with E-state index in [0.29, 0.717) is 10.3 Å². The molecule has 4 aromatic rings. The average Bonchev–Trinajstić information content (AvgIpc) is 2.86. The summed E-state index contributed by atoms with van der Waals surface area (Å²) in [5.74, 6) is 0.202. The Balaban J connectivity index is 0.00000289. The number of ether oxygens (including phenoxy) is 1. The van der Waals surface area contributed by atoms with E-state index in [2.05, 4.69) is 61.5 Å². The Morgan fingerprint density at radius 1 is 1.03 bits per heavy atom. The van der Waals surface area contributed by atoms with Gasteiger partial charge in [0.1, 0.15) is 0 Å². The van der Waals surface area contributed by atoms with Crippen LogP contribution in [-0.2, 0) is 0 Å². The predicted molar refractivity (Wildman–Crippen MR) is 146 cm³/mol. The van der Waals surface area contributed by atoms with Crippen molar-refractivity contribution in [2.75, 3.05) is 0 Å². The van der Waals surface area contributed by atoms with Gasteiger partial charge in [-0.15, -0.1) is 12.4 Å². The van der Waals surface area contributed by atoms with Crippen LogP contribution < -0.4 is 4.74 Å². The van der Waals surface area contributed by atoms with Crippen LogP contribution in [0, 0.1) is 6.92 Å². The van der Waals surface area contributed by atoms with Crippen LogP contribution in [0.5, 0.6) is 5.75 Å². The summed E-state index contributed by atoms with van der Waals surface area (Å²) in [7, 11) is 0. The maximum atomic E-state index is 11.8. The molecule has 1 N–H and O–H groups in total. The Hall–Kier alpha value is -2.74. The third kappa shape index (κ3) is 5.27. The van der Waals surface area contributed by atoms with Crippen molar-refractivity contribution < 1.29 is 14.6 Å². The van der Waals surface area contributed by atoms with E-state index in [4.69, 9.17) is 4.74 Å². The molecule has 4 aromatic carbocycles. The van der Waals surface area contributed by atoms with E-state index >= 15 is 0 Å². The average molecular weight is 548 g/mol. The minimum Gasteiger partial charge on any atom is -0.147 e. The van der Waals surface area contributed by atoms with Gasteiger partial charge in [0, 0.05) is 0 Å². The largest absolute Gasteiger partial charge is 0.147 e. The molecule has 0 fully saturated rings. The van der Waals surface area contributed by atoms with Gasteiger partial charge in [-0.2, -0.15) is 0 Å². The van der Waals surface area contributed by atoms with Crippen LogP contribution in [0.25, 0.3) is 10.8 Å². The number of carboxylic acid groups (broad SMARTS) is 1. The van der Waals surface area contributed by atoms with Gasteiger partial charge in [0.15, 0.2) is 0 Å². The molecule has 0 saturated carbocycles. The van der Waals surface area contributed by atoms with Gasteiger partial charge < -0.3 is 0 Å². The fraction of sp³-hybridized carbons (Fsp3) is 0.233. The summed E-state index contributed by atoms with van der Waals surface area (Å²) in [5.41, 5.74) is 4.81. The van der Waals surface area contributed by atoms with Crippen LogP contribution in [-0.4, -0.2) is 32.9 Å². The van der Waals surface area contributed by atoms with E-state index in [0.717, 1.165) is 34.1 Å². The molecular weight excluding hydrogens is 519 g/mol. The van der Waals surface area contributed by atoms with Crippen molar-refractivity contribution in [3.63, 3.8) is 0 Å². The number of carbonyl (C=O) groups is 1. The molecule has 1 aliphatic heterocycles. The Bertz CT molecular complexity index is 1350. The first kappa shape index (κ1) is 25.4. The van der Waals surface area contributed by atoms with Crippen molar-refractivity contribution in [3.05, 3.63) is 113 Å². The molecule has 0 saturated heterocycles. The Morgan fingerprint density at radius 3 is 2.60 bits per heavy atom. The molecule has 3 nitrogen and oxygen atoms in total. The fourth-order valence-electron chi connectivity index (χ4n) is 5.00. The second-order valence-electron chi connectivity index (χ2n) is 9.05. The van der Waals surface area contributed by atoms with Crippen molar-refractivity contribution in [1.29, 1.82) is 0 Å². The summed E-state index contributed by atoms with van der Waals surface area (Å²) in [5, 5.41) is 13.3. The minimum absolute atomic E-state index is 0. The Labute approximate surface area is 219 Å². The van der Waals surface area contributed by atoms with Crippen molar-refractivity contribution in [2.24, 2.45) is 0 Å². The smallest absolute Gasteiger partial charge is 0.147 e. The zero-order chi connectivity index (χ0) is 23.7. The predicted octanol–water partition coefficient (Wildman–Crippen LogP) is 7.43. The standard InChI is InChI=1S/C30H28AsO3.ClH/c1-19-14-15-22(16-27(19)30(32)33)28-17-23(34-29-13-6-5-11-26(28)29)18-31-20(2)24-12-7-9-21-8-3-4-10-25(21)24;/h3-16,20,23,28H,17-18H2,1-2H3,(H,32,33);1H/t20-,23-,28-;/m1./s1. The van der Waals surface area contributed by atoms with Gasteiger partial charge in [-0.05, 0) is 0 Å². The summed E-state index contributed by atoms with van der Waals surface area (Å²) < 4.78 is 6.98. The number of benzene rings is 4. The molecular formula is C30H29AsClO3. The van der Waals surface area contributed by atoms with Gasteiger partial charge in [0.05, 0.1) is 0 Å². The van der Waals surface area contributed by atoms with Crippen LogP contribution in [0.2, 0.25) is 5.21 Å². The number of para-hydroxylation sites is 1. The maximum absolute atomic E-state index is 11.8. The molecule has 0 bridgehead atoms. The zero-order valence-electron chi connectivity index (χ0n) is 19.8. The maximum Gasteiger partial charge on any atom is -0.147 e. The number of aromatic carboxylic acids is 1. The summed E-state index contributed by atoms with van der Waals surface area (Å²) in [6.07, 6.45) is 1.00. The molecule has 1 heterocycles. The SMILES string of the molecule is Cc1ccc([C@H]2C[C@H](C[As][C@H](C)c3cccc4ccccc34)Oc3ccccc32)cc1C(=O)O.Cl. The minimum atomic E-state index is -0.870. The van der Waals surface area contributed by atoms with Gasteiger partial charge in [0.25, 0.3) is 0 Å². The molecule has 0 aliphatic carbocycles. The van der Waals surface area contributed by atoms with Crippen LogP contribution in [0.15, 0.2) is 84.9 Å². The first-order chi connectivity index (χ1) is 16.5. The third-order valence-electron chi connectivity index (χ3n) is 6.84. The van der Waals surface area contributed by atoms with Crippen molar-refractivity contribution in [3.8, 4) is 5.75 Å². The number of halogens is 1. The monoisotopic (exact) mass is 547 g/mol. The first-order valence-electron chi connectivity index (χ1n) is 11.7. The van der Waals surface area contributed by atoms with Crippen LogP contribution >= 0.6 is 12.4 Å². The molecule has 0 spiro atoms. The van der Waals surface area contributed by atoms with Gasteiger partial charge in [-0.25, -0.2) is 0 Å². The van der Waals surface area contributed by atoms with Crippen molar-refractivity contribution in [1.82, 2.24) is 0 Å². The summed E-state index contributed by atoms with van der Waals surface area (Å²) in [6.45, 7) is 4.20. The molecule has 35 heavy (non-hydrogen) atoms. The number of carboxylic acids is 1. The van der Waals surface area contributed by atoms with Crippen LogP contribution in [0.4, 0.5) is 0 Å². The Morgan fingerprint density at radius 2 is 1.77 bits per heavy atom. The molecule has 179 valence electrons. The molecule has 1 radical (unpaired) electrons. The van der Waals surface area contributed by atoms with Crippen LogP contribution in [0.1, 0.15) is 56.6 Å². The molecule has 5 rings (SSSR count). The van der Waals surface area contributed by atoms with Crippen molar-refractivity contribution >= 4 is 44.9 Å². The molecule has 1 aliphatic rings. The van der Waals surface area contributed by atoms with Gasteiger partial charge in [-0.3, -0.25) is 0 Å². The topological polar surface area (TPSA) is 46.5 Å². The quantitative estimate of drug-likeness (QED) is 0.255. The molecule has 0 aromatic heterocycles. The second kappa shape index (κ2) is 10.9. The number of rotatable bonds is 6. The van der Waals surface area contributed by atoms with Crippen LogP contribution in [0.3, 0.4) is 0 Å². The normalized spacial score (nSPS) is 18.0. The summed E-state index contributed by atoms with van der Waals surface area (Å²) in [4.78, 5) is 11.8. The van der Waals surface area contributed by atoms with E-state index in [9.17, 15) is 9.90 Å². The van der Waals surface area contributed by atoms with E-state index in [1.54, 1.807) is 0 Å². The van der Waals surface area contributed by atoms with Crippen molar-refractivity contribution in [2.45, 2.75) is 42.2 Å². The summed E-state index contributed by atoms with van der Waals surface area (Å²) in [6, 6.07) is 29.3. The third-order valence-corrected chi connectivity index (χ3v) is 9.87. The van der Waals surface area contributed by atoms with Gasteiger partial charge >= 0.3 is 208 Å². The summed E-state index contributed by atoms with van der Waals surface area (Å²) >= 11 is 0.0345. The number of hydrogen-bond acceptors (Lipinski definition) is 2. The number of hydrogen-bond donors (Lipinski definition) is 1. The molecule has 5 heteroatoms. The van der Waals surface area contributed by atoms with Gasteiger partial charge in [0.2, 0.25) is 0 Å². The second-order valence-corrected chi connectivity index (χ2v) is 12.2. The number of fused-ring (bicyclic) bond motifs is 2.